The van der Waals surface area contributed by atoms with Crippen molar-refractivity contribution in [3.8, 4) is 11.5 Å². The Balaban J connectivity index is 1.26. The Morgan fingerprint density at radius 1 is 1.15 bits per heavy atom. The number of hydrogen-bond acceptors (Lipinski definition) is 5. The molecule has 1 heterocycles. The van der Waals surface area contributed by atoms with E-state index in [0.717, 1.165) is 48.1 Å². The fraction of sp³-hybridized carbons (Fsp3) is 0.571. The molecule has 4 aliphatic carbocycles. The number of hydrogen-bond donors (Lipinski definition) is 0. The van der Waals surface area contributed by atoms with Gasteiger partial charge in [-0.05, 0) is 75.3 Å². The van der Waals surface area contributed by atoms with Crippen LogP contribution in [-0.4, -0.2) is 21.7 Å². The van der Waals surface area contributed by atoms with Crippen LogP contribution in [-0.2, 0) is 4.79 Å². The molecule has 4 bridgehead atoms. The molecule has 4 fully saturated rings. The van der Waals surface area contributed by atoms with E-state index in [4.69, 9.17) is 4.42 Å². The number of carbonyl (C=O) groups is 1. The predicted octanol–water partition coefficient (Wildman–Crippen LogP) is 4.92. The van der Waals surface area contributed by atoms with Gasteiger partial charge in [0.2, 0.25) is 5.89 Å². The predicted molar refractivity (Wildman–Crippen MR) is 101 cm³/mol. The molecule has 6 rings (SSSR count). The van der Waals surface area contributed by atoms with Crippen molar-refractivity contribution in [2.75, 3.05) is 5.75 Å². The summed E-state index contributed by atoms with van der Waals surface area (Å²) in [6.07, 6.45) is 7.46. The van der Waals surface area contributed by atoms with Crippen LogP contribution in [0.2, 0.25) is 0 Å². The molecule has 0 radical (unpaired) electrons. The van der Waals surface area contributed by atoms with Crippen molar-refractivity contribution < 1.29 is 9.21 Å². The number of aromatic nitrogens is 2. The van der Waals surface area contributed by atoms with Crippen molar-refractivity contribution in [3.63, 3.8) is 0 Å². The molecule has 0 aliphatic heterocycles. The number of aryl methyl sites for hydroxylation is 1. The Labute approximate surface area is 158 Å². The van der Waals surface area contributed by atoms with Gasteiger partial charge in [-0.1, -0.05) is 29.5 Å². The second-order valence-electron chi connectivity index (χ2n) is 8.65. The lowest BCUT2D eigenvalue weighted by Crippen LogP contribution is -2.50. The maximum Gasteiger partial charge on any atom is 0.277 e. The molecule has 1 aromatic carbocycles. The second-order valence-corrected chi connectivity index (χ2v) is 9.58. The lowest BCUT2D eigenvalue weighted by Gasteiger charge is -2.55. The summed E-state index contributed by atoms with van der Waals surface area (Å²) < 4.78 is 5.78. The molecule has 4 aliphatic rings. The minimum absolute atomic E-state index is 0.0405. The SMILES string of the molecule is Cc1cccc(-c2nnc(SCC(=O)C34CC5CC(CC(C5)C3)C4)o2)c1. The van der Waals surface area contributed by atoms with Gasteiger partial charge in [-0.3, -0.25) is 4.79 Å². The van der Waals surface area contributed by atoms with Gasteiger partial charge in [-0.2, -0.15) is 0 Å². The van der Waals surface area contributed by atoms with Crippen LogP contribution >= 0.6 is 11.8 Å². The van der Waals surface area contributed by atoms with Crippen LogP contribution in [0.5, 0.6) is 0 Å². The maximum absolute atomic E-state index is 13.1. The first-order chi connectivity index (χ1) is 12.6. The van der Waals surface area contributed by atoms with Crippen molar-refractivity contribution in [1.29, 1.82) is 0 Å². The fourth-order valence-electron chi connectivity index (χ4n) is 5.90. The molecule has 0 amide bonds. The average Bonchev–Trinajstić information content (AvgIpc) is 3.07. The Bertz CT molecular complexity index is 809. The second kappa shape index (κ2) is 6.22. The smallest absolute Gasteiger partial charge is 0.277 e. The average molecular weight is 369 g/mol. The number of Topliss-reactive ketones (excluding diaryl/α,β-unsaturated/α-hetero) is 1. The normalized spacial score (nSPS) is 32.1. The van der Waals surface area contributed by atoms with E-state index in [1.807, 2.05) is 31.2 Å². The molecule has 136 valence electrons. The zero-order valence-corrected chi connectivity index (χ0v) is 15.9. The van der Waals surface area contributed by atoms with E-state index < -0.39 is 0 Å². The number of ketones is 1. The Morgan fingerprint density at radius 2 is 1.85 bits per heavy atom. The van der Waals surface area contributed by atoms with E-state index in [1.165, 1.54) is 31.0 Å². The van der Waals surface area contributed by atoms with E-state index in [-0.39, 0.29) is 5.41 Å². The summed E-state index contributed by atoms with van der Waals surface area (Å²) in [6.45, 7) is 2.04. The summed E-state index contributed by atoms with van der Waals surface area (Å²) in [4.78, 5) is 13.1. The van der Waals surface area contributed by atoms with Crippen LogP contribution in [0.25, 0.3) is 11.5 Å². The first-order valence-corrected chi connectivity index (χ1v) is 10.6. The molecule has 0 N–H and O–H groups in total. The van der Waals surface area contributed by atoms with Crippen molar-refractivity contribution in [1.82, 2.24) is 10.2 Å². The molecule has 0 unspecified atom stereocenters. The van der Waals surface area contributed by atoms with Gasteiger partial charge in [0.25, 0.3) is 5.22 Å². The monoisotopic (exact) mass is 368 g/mol. The Kier molecular flexibility index (Phi) is 3.96. The van der Waals surface area contributed by atoms with Crippen molar-refractivity contribution in [2.24, 2.45) is 23.2 Å². The van der Waals surface area contributed by atoms with Gasteiger partial charge in [0.05, 0.1) is 5.75 Å². The number of carbonyl (C=O) groups excluding carboxylic acids is 1. The van der Waals surface area contributed by atoms with E-state index in [0.29, 0.717) is 22.6 Å². The van der Waals surface area contributed by atoms with E-state index in [2.05, 4.69) is 10.2 Å². The van der Waals surface area contributed by atoms with Gasteiger partial charge < -0.3 is 4.42 Å². The van der Waals surface area contributed by atoms with Crippen molar-refractivity contribution in [3.05, 3.63) is 29.8 Å². The molecule has 0 atom stereocenters. The van der Waals surface area contributed by atoms with Crippen LogP contribution in [0.15, 0.2) is 33.9 Å². The summed E-state index contributed by atoms with van der Waals surface area (Å²) in [5.74, 6) is 3.79. The zero-order chi connectivity index (χ0) is 17.7. The van der Waals surface area contributed by atoms with E-state index in [9.17, 15) is 4.79 Å². The van der Waals surface area contributed by atoms with Gasteiger partial charge >= 0.3 is 0 Å². The highest BCUT2D eigenvalue weighted by molar-refractivity contribution is 7.99. The highest BCUT2D eigenvalue weighted by Gasteiger charge is 2.54. The minimum Gasteiger partial charge on any atom is -0.411 e. The largest absolute Gasteiger partial charge is 0.411 e. The first kappa shape index (κ1) is 16.5. The zero-order valence-electron chi connectivity index (χ0n) is 15.1. The van der Waals surface area contributed by atoms with Crippen LogP contribution < -0.4 is 0 Å². The fourth-order valence-corrected chi connectivity index (χ4v) is 6.69. The van der Waals surface area contributed by atoms with Gasteiger partial charge in [-0.15, -0.1) is 10.2 Å². The summed E-state index contributed by atoms with van der Waals surface area (Å²) >= 11 is 1.41. The van der Waals surface area contributed by atoms with Gasteiger partial charge in [0, 0.05) is 11.0 Å². The maximum atomic E-state index is 13.1. The number of thioether (sulfide) groups is 1. The van der Waals surface area contributed by atoms with Crippen molar-refractivity contribution >= 4 is 17.5 Å². The Morgan fingerprint density at radius 3 is 2.50 bits per heavy atom. The number of nitrogens with zero attached hydrogens (tertiary/aromatic N) is 2. The lowest BCUT2D eigenvalue weighted by atomic mass is 9.48. The minimum atomic E-state index is -0.0405. The summed E-state index contributed by atoms with van der Waals surface area (Å²) in [5, 5.41) is 8.78. The molecule has 4 nitrogen and oxygen atoms in total. The third-order valence-electron chi connectivity index (χ3n) is 6.63. The molecule has 0 spiro atoms. The molecule has 1 aromatic heterocycles. The van der Waals surface area contributed by atoms with Gasteiger partial charge in [0.15, 0.2) is 0 Å². The van der Waals surface area contributed by atoms with Gasteiger partial charge in [-0.25, -0.2) is 0 Å². The molecule has 0 saturated heterocycles. The summed E-state index contributed by atoms with van der Waals surface area (Å²) in [7, 11) is 0. The third kappa shape index (κ3) is 2.90. The van der Waals surface area contributed by atoms with Gasteiger partial charge in [0.1, 0.15) is 5.78 Å². The third-order valence-corrected chi connectivity index (χ3v) is 7.45. The standard InChI is InChI=1S/C21H24N2O2S/c1-13-3-2-4-17(5-13)19-22-23-20(25-19)26-12-18(24)21-9-14-6-15(10-21)8-16(7-14)11-21/h2-5,14-16H,6-12H2,1H3. The quantitative estimate of drug-likeness (QED) is 0.701. The number of rotatable bonds is 5. The van der Waals surface area contributed by atoms with Crippen molar-refractivity contribution in [2.45, 2.75) is 50.7 Å². The summed E-state index contributed by atoms with van der Waals surface area (Å²) in [5.41, 5.74) is 2.05. The van der Waals surface area contributed by atoms with E-state index in [1.54, 1.807) is 0 Å². The lowest BCUT2D eigenvalue weighted by molar-refractivity contribution is -0.141. The van der Waals surface area contributed by atoms with Crippen LogP contribution in [0.3, 0.4) is 0 Å². The topological polar surface area (TPSA) is 56.0 Å². The van der Waals surface area contributed by atoms with E-state index >= 15 is 0 Å². The summed E-state index contributed by atoms with van der Waals surface area (Å²) in [6, 6.07) is 8.02. The highest BCUT2D eigenvalue weighted by atomic mass is 32.2. The van der Waals surface area contributed by atoms with Crippen LogP contribution in [0.4, 0.5) is 0 Å². The first-order valence-electron chi connectivity index (χ1n) is 9.66. The molecule has 5 heteroatoms. The Hall–Kier alpha value is -1.62. The van der Waals surface area contributed by atoms with Crippen LogP contribution in [0.1, 0.15) is 44.1 Å². The number of benzene rings is 1. The molecule has 2 aromatic rings. The highest BCUT2D eigenvalue weighted by Crippen LogP contribution is 2.60. The molecule has 26 heavy (non-hydrogen) atoms. The molecular weight excluding hydrogens is 344 g/mol. The molecule has 4 saturated carbocycles. The molecular formula is C21H24N2O2S. The van der Waals surface area contributed by atoms with Crippen LogP contribution in [0, 0.1) is 30.1 Å².